The molecule has 2 amide bonds. The molecule has 3 aromatic rings. The second-order valence-corrected chi connectivity index (χ2v) is 10.3. The molecule has 3 N–H and O–H groups in total. The van der Waals surface area contributed by atoms with E-state index in [0.29, 0.717) is 53.9 Å². The van der Waals surface area contributed by atoms with Gasteiger partial charge in [0.15, 0.2) is 5.82 Å². The van der Waals surface area contributed by atoms with Crippen LogP contribution in [0.4, 0.5) is 4.39 Å². The lowest BCUT2D eigenvalue weighted by atomic mass is 9.88. The molecule has 8 nitrogen and oxygen atoms in total. The predicted octanol–water partition coefficient (Wildman–Crippen LogP) is 3.50. The van der Waals surface area contributed by atoms with Gasteiger partial charge in [0.05, 0.1) is 11.6 Å². The van der Waals surface area contributed by atoms with Gasteiger partial charge in [0.2, 0.25) is 5.91 Å². The number of aromatic nitrogens is 4. The molecule has 1 aliphatic heterocycles. The Balaban J connectivity index is 1.34. The van der Waals surface area contributed by atoms with E-state index in [1.165, 1.54) is 0 Å². The number of benzene rings is 1. The van der Waals surface area contributed by atoms with Crippen molar-refractivity contribution in [1.82, 2.24) is 30.4 Å². The van der Waals surface area contributed by atoms with Crippen LogP contribution < -0.4 is 10.6 Å². The number of H-pyrrole nitrogens is 1. The largest absolute Gasteiger partial charge is 0.356 e. The van der Waals surface area contributed by atoms with Crippen LogP contribution in [0.3, 0.4) is 0 Å². The SMILES string of the molecule is CCn1nccc1C(=O)N[C@H](c1nc2c(F)c(CC3CCNC3=O)ccc2[nH]1)C(C1CC1)C1CC1. The first kappa shape index (κ1) is 22.2. The van der Waals surface area contributed by atoms with Gasteiger partial charge < -0.3 is 15.6 Å². The molecule has 2 atom stereocenters. The maximum absolute atomic E-state index is 15.5. The second-order valence-electron chi connectivity index (χ2n) is 10.3. The third-order valence-corrected chi connectivity index (χ3v) is 7.87. The highest BCUT2D eigenvalue weighted by molar-refractivity contribution is 5.92. The van der Waals surface area contributed by atoms with Gasteiger partial charge in [-0.2, -0.15) is 5.10 Å². The zero-order valence-electron chi connectivity index (χ0n) is 19.9. The van der Waals surface area contributed by atoms with Gasteiger partial charge in [0.25, 0.3) is 5.91 Å². The van der Waals surface area contributed by atoms with Crippen LogP contribution in [-0.4, -0.2) is 38.1 Å². The summed E-state index contributed by atoms with van der Waals surface area (Å²) in [5, 5.41) is 10.3. The number of fused-ring (bicyclic) bond motifs is 1. The average Bonchev–Trinajstić information content (AvgIpc) is 3.73. The van der Waals surface area contributed by atoms with Crippen molar-refractivity contribution in [2.24, 2.45) is 23.7 Å². The number of hydrogen-bond acceptors (Lipinski definition) is 4. The highest BCUT2D eigenvalue weighted by atomic mass is 19.1. The number of rotatable bonds is 9. The molecule has 0 radical (unpaired) electrons. The van der Waals surface area contributed by atoms with E-state index in [1.807, 2.05) is 13.0 Å². The average molecular weight is 479 g/mol. The van der Waals surface area contributed by atoms with E-state index in [2.05, 4.69) is 20.7 Å². The van der Waals surface area contributed by atoms with Crippen molar-refractivity contribution >= 4 is 22.8 Å². The lowest BCUT2D eigenvalue weighted by Crippen LogP contribution is -2.37. The Morgan fingerprint density at radius 1 is 1.20 bits per heavy atom. The van der Waals surface area contributed by atoms with E-state index < -0.39 is 0 Å². The molecular formula is C26H31FN6O2. The molecule has 1 unspecified atom stereocenters. The molecule has 184 valence electrons. The topological polar surface area (TPSA) is 105 Å². The Morgan fingerprint density at radius 3 is 2.63 bits per heavy atom. The molecule has 3 fully saturated rings. The van der Waals surface area contributed by atoms with Gasteiger partial charge in [0.1, 0.15) is 17.0 Å². The highest BCUT2D eigenvalue weighted by Gasteiger charge is 2.47. The number of amides is 2. The molecule has 6 rings (SSSR count). The van der Waals surface area contributed by atoms with Gasteiger partial charge in [-0.15, -0.1) is 0 Å². The van der Waals surface area contributed by atoms with Crippen molar-refractivity contribution in [2.75, 3.05) is 6.54 Å². The number of nitrogens with one attached hydrogen (secondary N) is 3. The lowest BCUT2D eigenvalue weighted by Gasteiger charge is -2.27. The number of aryl methyl sites for hydroxylation is 1. The van der Waals surface area contributed by atoms with Gasteiger partial charge in [-0.1, -0.05) is 6.07 Å². The number of hydrogen-bond donors (Lipinski definition) is 3. The van der Waals surface area contributed by atoms with Crippen molar-refractivity contribution in [3.05, 3.63) is 47.3 Å². The molecule has 1 saturated heterocycles. The van der Waals surface area contributed by atoms with E-state index in [4.69, 9.17) is 4.98 Å². The van der Waals surface area contributed by atoms with Crippen LogP contribution in [0.5, 0.6) is 0 Å². The van der Waals surface area contributed by atoms with Gasteiger partial charge in [-0.25, -0.2) is 9.37 Å². The van der Waals surface area contributed by atoms with E-state index in [-0.39, 0.29) is 41.0 Å². The minimum Gasteiger partial charge on any atom is -0.356 e. The van der Waals surface area contributed by atoms with Crippen molar-refractivity contribution in [3.8, 4) is 0 Å². The molecule has 2 saturated carbocycles. The molecule has 1 aromatic carbocycles. The predicted molar refractivity (Wildman–Crippen MR) is 128 cm³/mol. The quantitative estimate of drug-likeness (QED) is 0.438. The maximum Gasteiger partial charge on any atom is 0.270 e. The molecule has 0 spiro atoms. The maximum atomic E-state index is 15.5. The Morgan fingerprint density at radius 2 is 1.97 bits per heavy atom. The summed E-state index contributed by atoms with van der Waals surface area (Å²) in [4.78, 5) is 33.3. The smallest absolute Gasteiger partial charge is 0.270 e. The zero-order valence-corrected chi connectivity index (χ0v) is 19.9. The van der Waals surface area contributed by atoms with Crippen LogP contribution in [0, 0.1) is 29.5 Å². The van der Waals surface area contributed by atoms with Crippen molar-refractivity contribution in [3.63, 3.8) is 0 Å². The summed E-state index contributed by atoms with van der Waals surface area (Å²) in [5.74, 6) is 1.21. The Bertz CT molecular complexity index is 1260. The summed E-state index contributed by atoms with van der Waals surface area (Å²) in [5.41, 5.74) is 1.91. The van der Waals surface area contributed by atoms with Gasteiger partial charge in [-0.3, -0.25) is 14.3 Å². The minimum absolute atomic E-state index is 0.0157. The third-order valence-electron chi connectivity index (χ3n) is 7.87. The first-order chi connectivity index (χ1) is 17.0. The van der Waals surface area contributed by atoms with Crippen molar-refractivity contribution in [2.45, 2.75) is 58.0 Å². The van der Waals surface area contributed by atoms with Crippen LogP contribution in [-0.2, 0) is 17.8 Å². The summed E-state index contributed by atoms with van der Waals surface area (Å²) in [6.45, 7) is 3.20. The summed E-state index contributed by atoms with van der Waals surface area (Å²) >= 11 is 0. The summed E-state index contributed by atoms with van der Waals surface area (Å²) in [7, 11) is 0. The molecule has 2 aromatic heterocycles. The van der Waals surface area contributed by atoms with Gasteiger partial charge >= 0.3 is 0 Å². The molecule has 9 heteroatoms. The summed E-state index contributed by atoms with van der Waals surface area (Å²) in [6.07, 6.45) is 7.34. The van der Waals surface area contributed by atoms with Crippen LogP contribution in [0.1, 0.15) is 66.9 Å². The fourth-order valence-corrected chi connectivity index (χ4v) is 5.74. The molecular weight excluding hydrogens is 447 g/mol. The Hall–Kier alpha value is -3.23. The van der Waals surface area contributed by atoms with E-state index >= 15 is 4.39 Å². The van der Waals surface area contributed by atoms with Crippen LogP contribution in [0.15, 0.2) is 24.4 Å². The molecule has 3 aliphatic rings. The number of nitrogens with zero attached hydrogens (tertiary/aromatic N) is 3. The van der Waals surface area contributed by atoms with Gasteiger partial charge in [0, 0.05) is 25.2 Å². The van der Waals surface area contributed by atoms with Crippen molar-refractivity contribution < 1.29 is 14.0 Å². The van der Waals surface area contributed by atoms with Crippen LogP contribution in [0.25, 0.3) is 11.0 Å². The fraction of sp³-hybridized carbons (Fsp3) is 0.538. The van der Waals surface area contributed by atoms with Gasteiger partial charge in [-0.05, 0) is 80.9 Å². The summed E-state index contributed by atoms with van der Waals surface area (Å²) in [6, 6.07) is 4.99. The number of imidazole rings is 1. The second kappa shape index (κ2) is 8.77. The minimum atomic E-state index is -0.381. The van der Waals surface area contributed by atoms with E-state index in [0.717, 1.165) is 32.1 Å². The number of carbonyl (C=O) groups is 2. The van der Waals surface area contributed by atoms with E-state index in [9.17, 15) is 9.59 Å². The number of aromatic amines is 1. The van der Waals surface area contributed by atoms with Crippen LogP contribution >= 0.6 is 0 Å². The summed E-state index contributed by atoms with van der Waals surface area (Å²) < 4.78 is 17.2. The molecule has 0 bridgehead atoms. The standard InChI is InChI=1S/C26H31FN6O2/c1-2-33-19(10-12-29-33)26(35)32-23(20(14-3-4-14)15-5-6-15)24-30-18-8-7-16(21(27)22(18)31-24)13-17-9-11-28-25(17)34/h7-8,10,12,14-15,17,20,23H,2-6,9,11,13H2,1H3,(H,28,34)(H,30,31)(H,32,35)/t17?,23-/m0/s1. The first-order valence-corrected chi connectivity index (χ1v) is 12.8. The fourth-order valence-electron chi connectivity index (χ4n) is 5.74. The lowest BCUT2D eigenvalue weighted by molar-refractivity contribution is -0.122. The Kier molecular flexibility index (Phi) is 5.57. The first-order valence-electron chi connectivity index (χ1n) is 12.8. The number of halogens is 1. The molecule has 3 heterocycles. The van der Waals surface area contributed by atoms with Crippen molar-refractivity contribution in [1.29, 1.82) is 0 Å². The normalized spacial score (nSPS) is 21.0. The highest BCUT2D eigenvalue weighted by Crippen LogP contribution is 2.54. The Labute approximate surface area is 203 Å². The molecule has 35 heavy (non-hydrogen) atoms. The zero-order chi connectivity index (χ0) is 24.1. The monoisotopic (exact) mass is 478 g/mol. The number of carbonyl (C=O) groups excluding carboxylic acids is 2. The third kappa shape index (κ3) is 4.21. The van der Waals surface area contributed by atoms with E-state index in [1.54, 1.807) is 23.0 Å². The molecule has 2 aliphatic carbocycles. The van der Waals surface area contributed by atoms with Crippen LogP contribution in [0.2, 0.25) is 0 Å².